The third kappa shape index (κ3) is 2.84. The fourth-order valence-electron chi connectivity index (χ4n) is 3.42. The average Bonchev–Trinajstić information content (AvgIpc) is 2.85. The van der Waals surface area contributed by atoms with Gasteiger partial charge in [0.1, 0.15) is 17.4 Å². The molecular weight excluding hydrogens is 274 g/mol. The zero-order chi connectivity index (χ0) is 15.7. The third-order valence-corrected chi connectivity index (χ3v) is 4.75. The van der Waals surface area contributed by atoms with E-state index in [2.05, 4.69) is 49.1 Å². The van der Waals surface area contributed by atoms with Gasteiger partial charge in [-0.25, -0.2) is 0 Å². The Kier molecular flexibility index (Phi) is 4.39. The van der Waals surface area contributed by atoms with Crippen LogP contribution in [-0.4, -0.2) is 39.9 Å². The lowest BCUT2D eigenvalue weighted by Crippen LogP contribution is -2.57. The normalized spacial score (nSPS) is 17.6. The summed E-state index contributed by atoms with van der Waals surface area (Å²) < 4.78 is 8.08. The minimum absolute atomic E-state index is 0.304. The van der Waals surface area contributed by atoms with Crippen molar-refractivity contribution in [3.63, 3.8) is 0 Å². The number of likely N-dealkylation sites (tertiary alicyclic amines) is 1. The van der Waals surface area contributed by atoms with Crippen LogP contribution in [0.25, 0.3) is 10.9 Å². The molecule has 0 aliphatic carbocycles. The molecule has 0 bridgehead atoms. The van der Waals surface area contributed by atoms with Gasteiger partial charge >= 0.3 is 0 Å². The first-order chi connectivity index (χ1) is 10.6. The van der Waals surface area contributed by atoms with Crippen LogP contribution in [0.1, 0.15) is 38.7 Å². The summed E-state index contributed by atoms with van der Waals surface area (Å²) in [6, 6.07) is 4.91. The minimum atomic E-state index is 0.304. The van der Waals surface area contributed by atoms with Crippen molar-refractivity contribution in [2.45, 2.75) is 52.2 Å². The highest BCUT2D eigenvalue weighted by molar-refractivity contribution is 5.87. The second-order valence-corrected chi connectivity index (χ2v) is 6.49. The van der Waals surface area contributed by atoms with Crippen LogP contribution < -0.4 is 4.74 Å². The zero-order valence-electron chi connectivity index (χ0n) is 14.2. The highest BCUT2D eigenvalue weighted by atomic mass is 16.5. The van der Waals surface area contributed by atoms with Gasteiger partial charge in [-0.05, 0) is 31.4 Å². The lowest BCUT2D eigenvalue weighted by molar-refractivity contribution is -0.0120. The van der Waals surface area contributed by atoms with Crippen molar-refractivity contribution in [2.24, 2.45) is 7.05 Å². The van der Waals surface area contributed by atoms with Gasteiger partial charge < -0.3 is 4.74 Å². The molecule has 4 heteroatoms. The molecule has 1 aromatic carbocycles. The third-order valence-electron chi connectivity index (χ3n) is 4.75. The second-order valence-electron chi connectivity index (χ2n) is 6.49. The van der Waals surface area contributed by atoms with E-state index in [1.165, 1.54) is 30.2 Å². The standard InChI is InChI=1S/C18H27N3O/c1-5-7-14(6-2)21-10-15(11-21)22-17-9-8-13(3)16-12-20(4)19-18(16)17/h8-9,12,14-15H,5-7,10-11H2,1-4H3. The molecular formula is C18H27N3O. The number of nitrogens with zero attached hydrogens (tertiary/aromatic N) is 3. The Labute approximate surface area is 133 Å². The van der Waals surface area contributed by atoms with E-state index in [9.17, 15) is 0 Å². The summed E-state index contributed by atoms with van der Waals surface area (Å²) in [4.78, 5) is 2.55. The van der Waals surface area contributed by atoms with Crippen LogP contribution in [0.3, 0.4) is 0 Å². The summed E-state index contributed by atoms with van der Waals surface area (Å²) in [6.07, 6.45) is 6.15. The molecule has 2 heterocycles. The Balaban J connectivity index is 1.67. The van der Waals surface area contributed by atoms with E-state index in [0.29, 0.717) is 6.10 Å². The van der Waals surface area contributed by atoms with Gasteiger partial charge in [0.05, 0.1) is 0 Å². The monoisotopic (exact) mass is 301 g/mol. The van der Waals surface area contributed by atoms with Gasteiger partial charge in [0, 0.05) is 37.8 Å². The predicted octanol–water partition coefficient (Wildman–Crippen LogP) is 3.52. The molecule has 1 atom stereocenters. The largest absolute Gasteiger partial charge is 0.485 e. The number of hydrogen-bond acceptors (Lipinski definition) is 3. The molecule has 2 aromatic rings. The lowest BCUT2D eigenvalue weighted by Gasteiger charge is -2.43. The number of fused-ring (bicyclic) bond motifs is 1. The van der Waals surface area contributed by atoms with Gasteiger partial charge in [0.25, 0.3) is 0 Å². The van der Waals surface area contributed by atoms with Crippen LogP contribution in [0, 0.1) is 6.92 Å². The summed E-state index contributed by atoms with van der Waals surface area (Å²) in [5.41, 5.74) is 2.24. The Hall–Kier alpha value is -1.55. The van der Waals surface area contributed by atoms with Crippen LogP contribution in [0.15, 0.2) is 18.3 Å². The van der Waals surface area contributed by atoms with Crippen molar-refractivity contribution in [1.29, 1.82) is 0 Å². The molecule has 3 rings (SSSR count). The second kappa shape index (κ2) is 6.29. The molecule has 1 aliphatic rings. The molecule has 0 radical (unpaired) electrons. The fourth-order valence-corrected chi connectivity index (χ4v) is 3.42. The number of rotatable bonds is 6. The van der Waals surface area contributed by atoms with Crippen LogP contribution in [0.2, 0.25) is 0 Å². The molecule has 0 saturated carbocycles. The Bertz CT molecular complexity index is 643. The fraction of sp³-hybridized carbons (Fsp3) is 0.611. The first kappa shape index (κ1) is 15.3. The quantitative estimate of drug-likeness (QED) is 0.818. The van der Waals surface area contributed by atoms with Crippen molar-refractivity contribution >= 4 is 10.9 Å². The summed E-state index contributed by atoms with van der Waals surface area (Å²) in [6.45, 7) is 8.75. The molecule has 1 aromatic heterocycles. The van der Waals surface area contributed by atoms with E-state index in [-0.39, 0.29) is 0 Å². The average molecular weight is 301 g/mol. The van der Waals surface area contributed by atoms with E-state index in [4.69, 9.17) is 4.74 Å². The Morgan fingerprint density at radius 1 is 1.32 bits per heavy atom. The summed E-state index contributed by atoms with van der Waals surface area (Å²) >= 11 is 0. The summed E-state index contributed by atoms with van der Waals surface area (Å²) in [5.74, 6) is 0.925. The molecule has 1 fully saturated rings. The topological polar surface area (TPSA) is 30.3 Å². The molecule has 0 N–H and O–H groups in total. The first-order valence-corrected chi connectivity index (χ1v) is 8.46. The van der Waals surface area contributed by atoms with Crippen molar-refractivity contribution in [3.8, 4) is 5.75 Å². The van der Waals surface area contributed by atoms with Crippen molar-refractivity contribution in [2.75, 3.05) is 13.1 Å². The van der Waals surface area contributed by atoms with E-state index in [0.717, 1.165) is 30.4 Å². The maximum Gasteiger partial charge on any atom is 0.147 e. The molecule has 4 nitrogen and oxygen atoms in total. The van der Waals surface area contributed by atoms with E-state index in [1.54, 1.807) is 0 Å². The van der Waals surface area contributed by atoms with Gasteiger partial charge in [0.15, 0.2) is 0 Å². The lowest BCUT2D eigenvalue weighted by atomic mass is 10.0. The Morgan fingerprint density at radius 2 is 2.09 bits per heavy atom. The number of hydrogen-bond donors (Lipinski definition) is 0. The van der Waals surface area contributed by atoms with Crippen molar-refractivity contribution in [3.05, 3.63) is 23.9 Å². The number of benzene rings is 1. The van der Waals surface area contributed by atoms with Crippen LogP contribution in [-0.2, 0) is 7.05 Å². The molecule has 1 saturated heterocycles. The van der Waals surface area contributed by atoms with E-state index in [1.807, 2.05) is 11.7 Å². The summed E-state index contributed by atoms with van der Waals surface area (Å²) in [5, 5.41) is 5.75. The molecule has 0 amide bonds. The predicted molar refractivity (Wildman–Crippen MR) is 90.4 cm³/mol. The number of ether oxygens (including phenoxy) is 1. The smallest absolute Gasteiger partial charge is 0.147 e. The van der Waals surface area contributed by atoms with E-state index >= 15 is 0 Å². The van der Waals surface area contributed by atoms with E-state index < -0.39 is 0 Å². The highest BCUT2D eigenvalue weighted by Gasteiger charge is 2.33. The molecule has 1 unspecified atom stereocenters. The van der Waals surface area contributed by atoms with Crippen molar-refractivity contribution in [1.82, 2.24) is 14.7 Å². The first-order valence-electron chi connectivity index (χ1n) is 8.46. The van der Waals surface area contributed by atoms with Crippen LogP contribution in [0.5, 0.6) is 5.75 Å². The maximum absolute atomic E-state index is 6.22. The molecule has 120 valence electrons. The van der Waals surface area contributed by atoms with Gasteiger partial charge in [-0.2, -0.15) is 5.10 Å². The summed E-state index contributed by atoms with van der Waals surface area (Å²) in [7, 11) is 1.96. The SMILES string of the molecule is CCCC(CC)N1CC(Oc2ccc(C)c3cn(C)nc23)C1. The molecule has 0 spiro atoms. The van der Waals surface area contributed by atoms with Gasteiger partial charge in [-0.1, -0.05) is 26.3 Å². The maximum atomic E-state index is 6.22. The van der Waals surface area contributed by atoms with Gasteiger partial charge in [-0.15, -0.1) is 0 Å². The minimum Gasteiger partial charge on any atom is -0.485 e. The molecule has 1 aliphatic heterocycles. The van der Waals surface area contributed by atoms with Crippen molar-refractivity contribution < 1.29 is 4.74 Å². The molecule has 22 heavy (non-hydrogen) atoms. The Morgan fingerprint density at radius 3 is 2.77 bits per heavy atom. The highest BCUT2D eigenvalue weighted by Crippen LogP contribution is 2.30. The van der Waals surface area contributed by atoms with Crippen LogP contribution >= 0.6 is 0 Å². The van der Waals surface area contributed by atoms with Crippen LogP contribution in [0.4, 0.5) is 0 Å². The number of aryl methyl sites for hydroxylation is 2. The number of aromatic nitrogens is 2. The van der Waals surface area contributed by atoms with Gasteiger partial charge in [0.2, 0.25) is 0 Å². The zero-order valence-corrected chi connectivity index (χ0v) is 14.2. The van der Waals surface area contributed by atoms with Gasteiger partial charge in [-0.3, -0.25) is 9.58 Å².